The van der Waals surface area contributed by atoms with E-state index in [-0.39, 0.29) is 11.8 Å². The molecule has 0 aliphatic carbocycles. The predicted molar refractivity (Wildman–Crippen MR) is 141 cm³/mol. The molecule has 4 aromatic rings. The number of para-hydroxylation sites is 1. The van der Waals surface area contributed by atoms with Gasteiger partial charge in [-0.15, -0.1) is 0 Å². The van der Waals surface area contributed by atoms with Crippen LogP contribution in [-0.4, -0.2) is 34.8 Å². The molecule has 1 aliphatic rings. The molecule has 1 aliphatic heterocycles. The van der Waals surface area contributed by atoms with Crippen molar-refractivity contribution in [3.05, 3.63) is 95.6 Å². The number of fused-ring (bicyclic) bond motifs is 1. The quantitative estimate of drug-likeness (QED) is 0.377. The lowest BCUT2D eigenvalue weighted by atomic mass is 10.0. The number of likely N-dealkylation sites (tertiary alicyclic amines) is 1. The molecular weight excluding hydrogens is 434 g/mol. The highest BCUT2D eigenvalue weighted by molar-refractivity contribution is 6.13. The molecule has 35 heavy (non-hydrogen) atoms. The average molecular weight is 464 g/mol. The van der Waals surface area contributed by atoms with Gasteiger partial charge in [0.1, 0.15) is 0 Å². The first-order valence-electron chi connectivity index (χ1n) is 12.3. The van der Waals surface area contributed by atoms with Crippen molar-refractivity contribution >= 4 is 28.4 Å². The molecule has 0 unspecified atom stereocenters. The fourth-order valence-corrected chi connectivity index (χ4v) is 4.72. The molecule has 1 fully saturated rings. The van der Waals surface area contributed by atoms with Crippen molar-refractivity contribution in [3.63, 3.8) is 0 Å². The zero-order chi connectivity index (χ0) is 24.2. The fourth-order valence-electron chi connectivity index (χ4n) is 4.72. The van der Waals surface area contributed by atoms with Gasteiger partial charge in [-0.05, 0) is 49.6 Å². The van der Waals surface area contributed by atoms with Crippen molar-refractivity contribution in [2.75, 3.05) is 18.4 Å². The molecule has 0 saturated carbocycles. The molecule has 5 rings (SSSR count). The van der Waals surface area contributed by atoms with Crippen LogP contribution < -0.4 is 5.32 Å². The van der Waals surface area contributed by atoms with Gasteiger partial charge in [-0.3, -0.25) is 9.59 Å². The lowest BCUT2D eigenvalue weighted by Crippen LogP contribution is -2.31. The SMILES string of the molecule is Cc1cccc2c(C(=O)Nc3cccc(C(=O)N4CCCCCC4)c3)cc(-c3ccccc3)nc12. The van der Waals surface area contributed by atoms with Crippen molar-refractivity contribution in [1.29, 1.82) is 0 Å². The lowest BCUT2D eigenvalue weighted by molar-refractivity contribution is 0.0761. The van der Waals surface area contributed by atoms with Crippen LogP contribution in [0.5, 0.6) is 0 Å². The van der Waals surface area contributed by atoms with E-state index in [2.05, 4.69) is 5.32 Å². The van der Waals surface area contributed by atoms with Crippen molar-refractivity contribution in [2.45, 2.75) is 32.6 Å². The van der Waals surface area contributed by atoms with Crippen LogP contribution in [0.2, 0.25) is 0 Å². The van der Waals surface area contributed by atoms with Gasteiger partial charge in [0.15, 0.2) is 0 Å². The van der Waals surface area contributed by atoms with E-state index in [1.807, 2.05) is 84.6 Å². The smallest absolute Gasteiger partial charge is 0.256 e. The first-order chi connectivity index (χ1) is 17.1. The molecular formula is C30H29N3O2. The minimum absolute atomic E-state index is 0.0272. The second-order valence-electron chi connectivity index (χ2n) is 9.13. The Hall–Kier alpha value is -3.99. The van der Waals surface area contributed by atoms with E-state index in [4.69, 9.17) is 4.98 Å². The van der Waals surface area contributed by atoms with Crippen LogP contribution >= 0.6 is 0 Å². The monoisotopic (exact) mass is 463 g/mol. The Morgan fingerprint density at radius 3 is 2.34 bits per heavy atom. The topological polar surface area (TPSA) is 62.3 Å². The summed E-state index contributed by atoms with van der Waals surface area (Å²) >= 11 is 0. The zero-order valence-electron chi connectivity index (χ0n) is 20.0. The second-order valence-corrected chi connectivity index (χ2v) is 9.13. The number of benzene rings is 3. The van der Waals surface area contributed by atoms with Crippen LogP contribution in [0, 0.1) is 6.92 Å². The molecule has 0 spiro atoms. The highest BCUT2D eigenvalue weighted by atomic mass is 16.2. The molecule has 5 heteroatoms. The van der Waals surface area contributed by atoms with Gasteiger partial charge in [0.2, 0.25) is 0 Å². The fraction of sp³-hybridized carbons (Fsp3) is 0.233. The number of aromatic nitrogens is 1. The second kappa shape index (κ2) is 10.1. The summed E-state index contributed by atoms with van der Waals surface area (Å²) < 4.78 is 0. The molecule has 3 aromatic carbocycles. The van der Waals surface area contributed by atoms with Crippen LogP contribution in [0.15, 0.2) is 78.9 Å². The molecule has 1 aromatic heterocycles. The van der Waals surface area contributed by atoms with Gasteiger partial charge >= 0.3 is 0 Å². The number of rotatable bonds is 4. The maximum atomic E-state index is 13.5. The van der Waals surface area contributed by atoms with Gasteiger partial charge < -0.3 is 10.2 Å². The maximum Gasteiger partial charge on any atom is 0.256 e. The Kier molecular flexibility index (Phi) is 6.57. The molecule has 0 radical (unpaired) electrons. The predicted octanol–water partition coefficient (Wildman–Crippen LogP) is 6.48. The van der Waals surface area contributed by atoms with Gasteiger partial charge in [0, 0.05) is 35.3 Å². The molecule has 176 valence electrons. The standard InChI is InChI=1S/C30H29N3O2/c1-21-11-9-16-25-26(20-27(32-28(21)25)22-12-5-4-6-13-22)29(34)31-24-15-10-14-23(19-24)30(35)33-17-7-2-3-8-18-33/h4-6,9-16,19-20H,2-3,7-8,17-18H2,1H3,(H,31,34). The Morgan fingerprint density at radius 1 is 0.829 bits per heavy atom. The summed E-state index contributed by atoms with van der Waals surface area (Å²) in [6, 6.07) is 24.8. The largest absolute Gasteiger partial charge is 0.339 e. The number of hydrogen-bond donors (Lipinski definition) is 1. The molecule has 1 saturated heterocycles. The number of carbonyl (C=O) groups is 2. The van der Waals surface area contributed by atoms with E-state index in [1.54, 1.807) is 6.07 Å². The molecule has 2 heterocycles. The van der Waals surface area contributed by atoms with Gasteiger partial charge in [-0.2, -0.15) is 0 Å². The van der Waals surface area contributed by atoms with E-state index < -0.39 is 0 Å². The molecule has 1 N–H and O–H groups in total. The maximum absolute atomic E-state index is 13.5. The first kappa shape index (κ1) is 22.8. The summed E-state index contributed by atoms with van der Waals surface area (Å²) in [7, 11) is 0. The van der Waals surface area contributed by atoms with E-state index in [0.717, 1.165) is 53.7 Å². The summed E-state index contributed by atoms with van der Waals surface area (Å²) in [6.07, 6.45) is 4.43. The summed E-state index contributed by atoms with van der Waals surface area (Å²) in [5, 5.41) is 3.83. The Morgan fingerprint density at radius 2 is 1.57 bits per heavy atom. The third-order valence-electron chi connectivity index (χ3n) is 6.62. The Bertz CT molecular complexity index is 1370. The highest BCUT2D eigenvalue weighted by Crippen LogP contribution is 2.27. The van der Waals surface area contributed by atoms with Crippen LogP contribution in [-0.2, 0) is 0 Å². The molecule has 0 atom stereocenters. The number of nitrogens with one attached hydrogen (secondary N) is 1. The number of nitrogens with zero attached hydrogens (tertiary/aromatic N) is 2. The number of aryl methyl sites for hydroxylation is 1. The molecule has 5 nitrogen and oxygen atoms in total. The third-order valence-corrected chi connectivity index (χ3v) is 6.62. The minimum Gasteiger partial charge on any atom is -0.339 e. The molecule has 0 bridgehead atoms. The van der Waals surface area contributed by atoms with Crippen LogP contribution in [0.1, 0.15) is 52.0 Å². The minimum atomic E-state index is -0.223. The van der Waals surface area contributed by atoms with E-state index in [0.29, 0.717) is 16.8 Å². The van der Waals surface area contributed by atoms with Crippen LogP contribution in [0.4, 0.5) is 5.69 Å². The normalized spacial score (nSPS) is 13.9. The number of pyridine rings is 1. The summed E-state index contributed by atoms with van der Waals surface area (Å²) in [6.45, 7) is 3.59. The zero-order valence-corrected chi connectivity index (χ0v) is 20.0. The Balaban J connectivity index is 1.47. The third kappa shape index (κ3) is 4.94. The van der Waals surface area contributed by atoms with Crippen molar-refractivity contribution < 1.29 is 9.59 Å². The Labute approximate surface area is 205 Å². The van der Waals surface area contributed by atoms with Gasteiger partial charge in [0.05, 0.1) is 16.8 Å². The van der Waals surface area contributed by atoms with Gasteiger partial charge in [0.25, 0.3) is 11.8 Å². The number of anilines is 1. The van der Waals surface area contributed by atoms with E-state index in [9.17, 15) is 9.59 Å². The average Bonchev–Trinajstić information content (AvgIpc) is 3.18. The summed E-state index contributed by atoms with van der Waals surface area (Å²) in [5.74, 6) is -0.195. The summed E-state index contributed by atoms with van der Waals surface area (Å²) in [5.41, 5.74) is 5.30. The van der Waals surface area contributed by atoms with Crippen LogP contribution in [0.3, 0.4) is 0 Å². The molecule has 2 amide bonds. The van der Waals surface area contributed by atoms with Crippen LogP contribution in [0.25, 0.3) is 22.2 Å². The van der Waals surface area contributed by atoms with Crippen molar-refractivity contribution in [2.24, 2.45) is 0 Å². The summed E-state index contributed by atoms with van der Waals surface area (Å²) in [4.78, 5) is 33.4. The number of carbonyl (C=O) groups excluding carboxylic acids is 2. The number of amides is 2. The lowest BCUT2D eigenvalue weighted by Gasteiger charge is -2.20. The van der Waals surface area contributed by atoms with Gasteiger partial charge in [-0.25, -0.2) is 4.98 Å². The first-order valence-corrected chi connectivity index (χ1v) is 12.3. The van der Waals surface area contributed by atoms with Crippen molar-refractivity contribution in [3.8, 4) is 11.3 Å². The van der Waals surface area contributed by atoms with Gasteiger partial charge in [-0.1, -0.05) is 67.4 Å². The van der Waals surface area contributed by atoms with Crippen molar-refractivity contribution in [1.82, 2.24) is 9.88 Å². The highest BCUT2D eigenvalue weighted by Gasteiger charge is 2.19. The number of hydrogen-bond acceptors (Lipinski definition) is 3. The van der Waals surface area contributed by atoms with E-state index >= 15 is 0 Å². The van der Waals surface area contributed by atoms with E-state index in [1.165, 1.54) is 12.8 Å².